The zero-order chi connectivity index (χ0) is 7.40. The summed E-state index contributed by atoms with van der Waals surface area (Å²) in [6, 6.07) is 0. The third-order valence-electron chi connectivity index (χ3n) is 1.37. The lowest BCUT2D eigenvalue weighted by atomic mass is 10.5. The van der Waals surface area contributed by atoms with Crippen molar-refractivity contribution in [3.8, 4) is 0 Å². The van der Waals surface area contributed by atoms with Crippen LogP contribution in [-0.4, -0.2) is 21.8 Å². The number of aromatic nitrogens is 3. The Morgan fingerprint density at radius 1 is 1.50 bits per heavy atom. The zero-order valence-corrected chi connectivity index (χ0v) is 8.78. The first-order chi connectivity index (χ1) is 4.88. The van der Waals surface area contributed by atoms with E-state index in [4.69, 9.17) is 0 Å². The van der Waals surface area contributed by atoms with E-state index in [0.29, 0.717) is 0 Å². The van der Waals surface area contributed by atoms with Crippen molar-refractivity contribution in [1.82, 2.24) is 20.1 Å². The standard InChI is InChI=1S/C6H12N4.2ClH/c1-3-10-5-8-9-6(10)4-7-2;;/h5,7H,3-4H2,1-2H3;2*1H. The summed E-state index contributed by atoms with van der Waals surface area (Å²) in [5.41, 5.74) is 0. The van der Waals surface area contributed by atoms with Gasteiger partial charge in [-0.2, -0.15) is 0 Å². The summed E-state index contributed by atoms with van der Waals surface area (Å²) in [6.45, 7) is 3.79. The van der Waals surface area contributed by atoms with E-state index in [1.807, 2.05) is 11.6 Å². The largest absolute Gasteiger partial charge is 0.317 e. The van der Waals surface area contributed by atoms with Crippen molar-refractivity contribution in [1.29, 1.82) is 0 Å². The molecule has 1 aromatic heterocycles. The molecule has 72 valence electrons. The Bertz CT molecular complexity index is 201. The van der Waals surface area contributed by atoms with E-state index >= 15 is 0 Å². The predicted octanol–water partition coefficient (Wildman–Crippen LogP) is 0.861. The van der Waals surface area contributed by atoms with Crippen LogP contribution in [0.15, 0.2) is 6.33 Å². The molecule has 0 aliphatic heterocycles. The lowest BCUT2D eigenvalue weighted by Crippen LogP contribution is -2.11. The SMILES string of the molecule is CCn1cnnc1CNC.Cl.Cl. The molecule has 0 atom stereocenters. The van der Waals surface area contributed by atoms with Crippen molar-refractivity contribution < 1.29 is 0 Å². The number of rotatable bonds is 3. The number of halogens is 2. The van der Waals surface area contributed by atoms with Crippen LogP contribution >= 0.6 is 24.8 Å². The highest BCUT2D eigenvalue weighted by Crippen LogP contribution is 1.92. The van der Waals surface area contributed by atoms with E-state index in [0.717, 1.165) is 18.9 Å². The molecule has 4 nitrogen and oxygen atoms in total. The third kappa shape index (κ3) is 3.38. The molecule has 1 rings (SSSR count). The number of hydrogen-bond donors (Lipinski definition) is 1. The van der Waals surface area contributed by atoms with Gasteiger partial charge in [0.2, 0.25) is 0 Å². The van der Waals surface area contributed by atoms with Gasteiger partial charge in [0.1, 0.15) is 12.2 Å². The second-order valence-electron chi connectivity index (χ2n) is 2.06. The first-order valence-electron chi connectivity index (χ1n) is 3.39. The van der Waals surface area contributed by atoms with Gasteiger partial charge in [0.15, 0.2) is 0 Å². The van der Waals surface area contributed by atoms with Gasteiger partial charge in [-0.15, -0.1) is 35.0 Å². The van der Waals surface area contributed by atoms with Crippen LogP contribution in [0.2, 0.25) is 0 Å². The van der Waals surface area contributed by atoms with Crippen LogP contribution in [-0.2, 0) is 13.1 Å². The Morgan fingerprint density at radius 2 is 2.17 bits per heavy atom. The molecule has 12 heavy (non-hydrogen) atoms. The molecule has 0 amide bonds. The Hall–Kier alpha value is -0.320. The van der Waals surface area contributed by atoms with Crippen LogP contribution in [0.3, 0.4) is 0 Å². The zero-order valence-electron chi connectivity index (χ0n) is 7.15. The van der Waals surface area contributed by atoms with Crippen molar-refractivity contribution in [3.05, 3.63) is 12.2 Å². The van der Waals surface area contributed by atoms with Crippen LogP contribution in [0.5, 0.6) is 0 Å². The van der Waals surface area contributed by atoms with Gasteiger partial charge in [0.25, 0.3) is 0 Å². The average Bonchev–Trinajstić information content (AvgIpc) is 2.36. The predicted molar refractivity (Wildman–Crippen MR) is 53.0 cm³/mol. The van der Waals surface area contributed by atoms with Gasteiger partial charge in [-0.05, 0) is 14.0 Å². The third-order valence-corrected chi connectivity index (χ3v) is 1.37. The normalized spacial score (nSPS) is 8.50. The maximum absolute atomic E-state index is 3.93. The van der Waals surface area contributed by atoms with Gasteiger partial charge in [-0.1, -0.05) is 0 Å². The van der Waals surface area contributed by atoms with Gasteiger partial charge in [0, 0.05) is 6.54 Å². The van der Waals surface area contributed by atoms with E-state index in [9.17, 15) is 0 Å². The number of aryl methyl sites for hydroxylation is 1. The van der Waals surface area contributed by atoms with Gasteiger partial charge in [-0.3, -0.25) is 0 Å². The minimum Gasteiger partial charge on any atom is -0.317 e. The molecule has 1 aromatic rings. The van der Waals surface area contributed by atoms with E-state index in [-0.39, 0.29) is 24.8 Å². The first kappa shape index (κ1) is 14.2. The van der Waals surface area contributed by atoms with Gasteiger partial charge in [0.05, 0.1) is 6.54 Å². The maximum atomic E-state index is 3.93. The monoisotopic (exact) mass is 212 g/mol. The first-order valence-corrected chi connectivity index (χ1v) is 3.39. The molecule has 0 spiro atoms. The molecule has 0 saturated carbocycles. The fourth-order valence-electron chi connectivity index (χ4n) is 0.838. The Balaban J connectivity index is 0. The number of nitrogens with one attached hydrogen (secondary N) is 1. The summed E-state index contributed by atoms with van der Waals surface area (Å²) < 4.78 is 2.01. The molecule has 0 aliphatic rings. The molecule has 0 aliphatic carbocycles. The van der Waals surface area contributed by atoms with Gasteiger partial charge < -0.3 is 9.88 Å². The summed E-state index contributed by atoms with van der Waals surface area (Å²) in [7, 11) is 1.90. The van der Waals surface area contributed by atoms with Crippen molar-refractivity contribution in [2.24, 2.45) is 0 Å². The van der Waals surface area contributed by atoms with E-state index < -0.39 is 0 Å². The number of hydrogen-bond acceptors (Lipinski definition) is 3. The minimum absolute atomic E-state index is 0. The van der Waals surface area contributed by atoms with Gasteiger partial charge in [-0.25, -0.2) is 0 Å². The highest BCUT2D eigenvalue weighted by molar-refractivity contribution is 5.85. The van der Waals surface area contributed by atoms with Crippen molar-refractivity contribution in [3.63, 3.8) is 0 Å². The Kier molecular flexibility index (Phi) is 8.69. The van der Waals surface area contributed by atoms with E-state index in [1.165, 1.54) is 0 Å². The molecule has 6 heteroatoms. The molecule has 0 fully saturated rings. The Morgan fingerprint density at radius 3 is 2.67 bits per heavy atom. The highest BCUT2D eigenvalue weighted by Gasteiger charge is 1.98. The summed E-state index contributed by atoms with van der Waals surface area (Å²) >= 11 is 0. The van der Waals surface area contributed by atoms with Crippen LogP contribution < -0.4 is 5.32 Å². The fraction of sp³-hybridized carbons (Fsp3) is 0.667. The summed E-state index contributed by atoms with van der Waals surface area (Å²) in [4.78, 5) is 0. The molecule has 0 saturated heterocycles. The van der Waals surface area contributed by atoms with Crippen molar-refractivity contribution in [2.45, 2.75) is 20.0 Å². The lowest BCUT2D eigenvalue weighted by Gasteiger charge is -1.99. The van der Waals surface area contributed by atoms with E-state index in [1.54, 1.807) is 6.33 Å². The average molecular weight is 213 g/mol. The maximum Gasteiger partial charge on any atom is 0.146 e. The molecule has 0 aromatic carbocycles. The second-order valence-corrected chi connectivity index (χ2v) is 2.06. The molecule has 0 unspecified atom stereocenters. The highest BCUT2D eigenvalue weighted by atomic mass is 35.5. The van der Waals surface area contributed by atoms with Crippen LogP contribution in [0.1, 0.15) is 12.7 Å². The Labute approximate surface area is 84.6 Å². The molecule has 0 radical (unpaired) electrons. The molecular formula is C6H14Cl2N4. The molecule has 1 heterocycles. The molecule has 0 bridgehead atoms. The molecular weight excluding hydrogens is 199 g/mol. The van der Waals surface area contributed by atoms with Crippen molar-refractivity contribution >= 4 is 24.8 Å². The second kappa shape index (κ2) is 7.34. The van der Waals surface area contributed by atoms with Crippen LogP contribution in [0.25, 0.3) is 0 Å². The van der Waals surface area contributed by atoms with Crippen LogP contribution in [0, 0.1) is 0 Å². The fourth-order valence-corrected chi connectivity index (χ4v) is 0.838. The van der Waals surface area contributed by atoms with Crippen molar-refractivity contribution in [2.75, 3.05) is 7.05 Å². The minimum atomic E-state index is 0. The summed E-state index contributed by atoms with van der Waals surface area (Å²) in [5, 5.41) is 10.7. The van der Waals surface area contributed by atoms with Gasteiger partial charge >= 0.3 is 0 Å². The smallest absolute Gasteiger partial charge is 0.146 e. The molecule has 1 N–H and O–H groups in total. The number of nitrogens with zero attached hydrogens (tertiary/aromatic N) is 3. The lowest BCUT2D eigenvalue weighted by molar-refractivity contribution is 0.657. The quantitative estimate of drug-likeness (QED) is 0.809. The topological polar surface area (TPSA) is 42.7 Å². The van der Waals surface area contributed by atoms with Crippen LogP contribution in [0.4, 0.5) is 0 Å². The summed E-state index contributed by atoms with van der Waals surface area (Å²) in [6.07, 6.45) is 1.74. The van der Waals surface area contributed by atoms with E-state index in [2.05, 4.69) is 22.4 Å². The summed E-state index contributed by atoms with van der Waals surface area (Å²) in [5.74, 6) is 0.991.